The standard InChI is InChI=1S/C23H20ClF3N2O2S2/c24-18-11-10-16(14-17(18)23(25,26)27)28-20(30)9-5-2-6-12-29-21(31)19(33-22(29)32)13-15-7-3-1-4-8-15/h1,3-4,7-8,10-11,13-14H,2,5-6,9,12H2,(H,28,30)/b19-13-. The van der Waals surface area contributed by atoms with E-state index >= 15 is 0 Å². The first kappa shape index (κ1) is 25.3. The molecule has 174 valence electrons. The van der Waals surface area contributed by atoms with E-state index in [-0.39, 0.29) is 23.9 Å². The summed E-state index contributed by atoms with van der Waals surface area (Å²) in [5.41, 5.74) is -0.0293. The van der Waals surface area contributed by atoms with Gasteiger partial charge in [-0.3, -0.25) is 14.5 Å². The Morgan fingerprint density at radius 3 is 2.55 bits per heavy atom. The second-order valence-corrected chi connectivity index (χ2v) is 9.38. The normalized spacial score (nSPS) is 15.4. The van der Waals surface area contributed by atoms with Gasteiger partial charge >= 0.3 is 6.18 Å². The van der Waals surface area contributed by atoms with Crippen molar-refractivity contribution in [2.75, 3.05) is 11.9 Å². The summed E-state index contributed by atoms with van der Waals surface area (Å²) in [6.45, 7) is 0.449. The number of benzene rings is 2. The zero-order valence-electron chi connectivity index (χ0n) is 17.3. The van der Waals surface area contributed by atoms with Gasteiger partial charge in [-0.2, -0.15) is 13.2 Å². The number of unbranched alkanes of at least 4 members (excludes halogenated alkanes) is 2. The summed E-state index contributed by atoms with van der Waals surface area (Å²) in [5.74, 6) is -0.517. The van der Waals surface area contributed by atoms with E-state index in [1.54, 1.807) is 4.90 Å². The lowest BCUT2D eigenvalue weighted by atomic mass is 10.1. The molecule has 0 bridgehead atoms. The Morgan fingerprint density at radius 1 is 1.12 bits per heavy atom. The van der Waals surface area contributed by atoms with Gasteiger partial charge in [-0.25, -0.2) is 0 Å². The molecule has 0 radical (unpaired) electrons. The van der Waals surface area contributed by atoms with Crippen molar-refractivity contribution in [3.8, 4) is 0 Å². The molecule has 1 N–H and O–H groups in total. The number of carbonyl (C=O) groups excluding carboxylic acids is 2. The molecule has 1 saturated heterocycles. The molecule has 0 spiro atoms. The molecule has 1 aliphatic heterocycles. The van der Waals surface area contributed by atoms with Gasteiger partial charge in [-0.15, -0.1) is 0 Å². The van der Waals surface area contributed by atoms with Crippen molar-refractivity contribution >= 4 is 63.5 Å². The molecule has 0 atom stereocenters. The third-order valence-electron chi connectivity index (χ3n) is 4.81. The van der Waals surface area contributed by atoms with E-state index in [1.807, 2.05) is 36.4 Å². The van der Waals surface area contributed by atoms with Gasteiger partial charge < -0.3 is 5.32 Å². The van der Waals surface area contributed by atoms with Gasteiger partial charge in [-0.05, 0) is 42.7 Å². The molecule has 0 aliphatic carbocycles. The Hall–Kier alpha value is -2.36. The van der Waals surface area contributed by atoms with Crippen LogP contribution in [0.1, 0.15) is 36.8 Å². The minimum absolute atomic E-state index is 0.0412. The lowest BCUT2D eigenvalue weighted by Gasteiger charge is -2.14. The number of hydrogen-bond donors (Lipinski definition) is 1. The van der Waals surface area contributed by atoms with Gasteiger partial charge in [-0.1, -0.05) is 72.3 Å². The van der Waals surface area contributed by atoms with Crippen LogP contribution in [-0.2, 0) is 15.8 Å². The van der Waals surface area contributed by atoms with Crippen LogP contribution in [0.3, 0.4) is 0 Å². The second-order valence-electron chi connectivity index (χ2n) is 7.30. The largest absolute Gasteiger partial charge is 0.417 e. The van der Waals surface area contributed by atoms with Crippen LogP contribution in [0.4, 0.5) is 18.9 Å². The zero-order valence-corrected chi connectivity index (χ0v) is 19.7. The van der Waals surface area contributed by atoms with Gasteiger partial charge in [0.15, 0.2) is 0 Å². The Kier molecular flexibility index (Phi) is 8.56. The molecule has 0 saturated carbocycles. The predicted octanol–water partition coefficient (Wildman–Crippen LogP) is 6.76. The van der Waals surface area contributed by atoms with Gasteiger partial charge in [0.2, 0.25) is 5.91 Å². The summed E-state index contributed by atoms with van der Waals surface area (Å²) < 4.78 is 39.3. The minimum Gasteiger partial charge on any atom is -0.326 e. The van der Waals surface area contributed by atoms with E-state index in [2.05, 4.69) is 5.32 Å². The molecule has 1 heterocycles. The fraction of sp³-hybridized carbons (Fsp3) is 0.261. The smallest absolute Gasteiger partial charge is 0.326 e. The highest BCUT2D eigenvalue weighted by Gasteiger charge is 2.33. The lowest BCUT2D eigenvalue weighted by molar-refractivity contribution is -0.137. The second kappa shape index (κ2) is 11.2. The third kappa shape index (κ3) is 7.06. The summed E-state index contributed by atoms with van der Waals surface area (Å²) in [5, 5.41) is 2.04. The molecule has 33 heavy (non-hydrogen) atoms. The maximum Gasteiger partial charge on any atom is 0.417 e. The summed E-state index contributed by atoms with van der Waals surface area (Å²) in [6, 6.07) is 12.8. The maximum atomic E-state index is 12.9. The Balaban J connectivity index is 1.43. The van der Waals surface area contributed by atoms with E-state index in [4.69, 9.17) is 23.8 Å². The summed E-state index contributed by atoms with van der Waals surface area (Å²) in [7, 11) is 0. The minimum atomic E-state index is -4.60. The summed E-state index contributed by atoms with van der Waals surface area (Å²) >= 11 is 12.2. The van der Waals surface area contributed by atoms with Crippen LogP contribution in [0, 0.1) is 0 Å². The first-order valence-electron chi connectivity index (χ1n) is 10.1. The predicted molar refractivity (Wildman–Crippen MR) is 130 cm³/mol. The fourth-order valence-electron chi connectivity index (χ4n) is 3.17. The fourth-order valence-corrected chi connectivity index (χ4v) is 4.70. The van der Waals surface area contributed by atoms with E-state index in [9.17, 15) is 22.8 Å². The number of hydrogen-bond acceptors (Lipinski definition) is 4. The molecular weight excluding hydrogens is 493 g/mol. The Bertz CT molecular complexity index is 1080. The molecular formula is C23H20ClF3N2O2S2. The van der Waals surface area contributed by atoms with Crippen LogP contribution in [0.5, 0.6) is 0 Å². The van der Waals surface area contributed by atoms with Crippen LogP contribution in [0.25, 0.3) is 6.08 Å². The highest BCUT2D eigenvalue weighted by Crippen LogP contribution is 2.36. The molecule has 0 aromatic heterocycles. The Labute approximate surface area is 204 Å². The van der Waals surface area contributed by atoms with Crippen molar-refractivity contribution in [3.05, 3.63) is 69.6 Å². The molecule has 1 aliphatic rings. The summed E-state index contributed by atoms with van der Waals surface area (Å²) in [6.07, 6.45) is -0.797. The summed E-state index contributed by atoms with van der Waals surface area (Å²) in [4.78, 5) is 26.8. The number of rotatable bonds is 8. The van der Waals surface area contributed by atoms with Crippen molar-refractivity contribution in [2.45, 2.75) is 31.9 Å². The molecule has 3 rings (SSSR count). The van der Waals surface area contributed by atoms with Crippen molar-refractivity contribution in [1.29, 1.82) is 0 Å². The van der Waals surface area contributed by atoms with Crippen LogP contribution in [0.2, 0.25) is 5.02 Å². The average Bonchev–Trinajstić information content (AvgIpc) is 3.02. The first-order valence-corrected chi connectivity index (χ1v) is 11.7. The van der Waals surface area contributed by atoms with E-state index in [1.165, 1.54) is 17.8 Å². The number of amides is 2. The molecule has 2 aromatic carbocycles. The van der Waals surface area contributed by atoms with Crippen molar-refractivity contribution in [3.63, 3.8) is 0 Å². The number of carbonyl (C=O) groups is 2. The third-order valence-corrected chi connectivity index (χ3v) is 6.52. The maximum absolute atomic E-state index is 12.9. The highest BCUT2D eigenvalue weighted by atomic mass is 35.5. The molecule has 2 aromatic rings. The van der Waals surface area contributed by atoms with Crippen LogP contribution in [-0.4, -0.2) is 27.6 Å². The van der Waals surface area contributed by atoms with Crippen molar-refractivity contribution in [1.82, 2.24) is 4.90 Å². The molecule has 10 heteroatoms. The monoisotopic (exact) mass is 512 g/mol. The van der Waals surface area contributed by atoms with E-state index < -0.39 is 16.8 Å². The molecule has 2 amide bonds. The van der Waals surface area contributed by atoms with Gasteiger partial charge in [0.1, 0.15) is 4.32 Å². The number of thiocarbonyl (C=S) groups is 1. The first-order chi connectivity index (χ1) is 15.6. The van der Waals surface area contributed by atoms with Gasteiger partial charge in [0, 0.05) is 18.7 Å². The van der Waals surface area contributed by atoms with Crippen LogP contribution >= 0.6 is 35.6 Å². The lowest BCUT2D eigenvalue weighted by Crippen LogP contribution is -2.29. The topological polar surface area (TPSA) is 49.4 Å². The zero-order chi connectivity index (χ0) is 24.0. The Morgan fingerprint density at radius 2 is 1.85 bits per heavy atom. The van der Waals surface area contributed by atoms with E-state index in [0.29, 0.717) is 35.0 Å². The van der Waals surface area contributed by atoms with Gasteiger partial charge in [0.05, 0.1) is 15.5 Å². The number of halogens is 4. The number of nitrogens with one attached hydrogen (secondary N) is 1. The number of nitrogens with zero attached hydrogens (tertiary/aromatic N) is 1. The number of thioether (sulfide) groups is 1. The molecule has 4 nitrogen and oxygen atoms in total. The van der Waals surface area contributed by atoms with Crippen molar-refractivity contribution < 1.29 is 22.8 Å². The SMILES string of the molecule is O=C(CCCCCN1C(=O)/C(=C/c2ccccc2)SC1=S)Nc1ccc(Cl)c(C(F)(F)F)c1. The van der Waals surface area contributed by atoms with Crippen LogP contribution < -0.4 is 5.32 Å². The quantitative estimate of drug-likeness (QED) is 0.241. The van der Waals surface area contributed by atoms with Gasteiger partial charge in [0.25, 0.3) is 5.91 Å². The highest BCUT2D eigenvalue weighted by molar-refractivity contribution is 8.26. The molecule has 0 unspecified atom stereocenters. The van der Waals surface area contributed by atoms with Crippen molar-refractivity contribution in [2.24, 2.45) is 0 Å². The average molecular weight is 513 g/mol. The number of anilines is 1. The van der Waals surface area contributed by atoms with E-state index in [0.717, 1.165) is 17.7 Å². The molecule has 1 fully saturated rings. The number of alkyl halides is 3. The van der Waals surface area contributed by atoms with Crippen LogP contribution in [0.15, 0.2) is 53.4 Å².